The topological polar surface area (TPSA) is 103 Å². The maximum Gasteiger partial charge on any atom is 0.318 e. The van der Waals surface area contributed by atoms with Gasteiger partial charge >= 0.3 is 6.03 Å². The zero-order valence-electron chi connectivity index (χ0n) is 24.5. The fraction of sp³-hybridized carbons (Fsp3) is 0.516. The van der Waals surface area contributed by atoms with Gasteiger partial charge in [-0.3, -0.25) is 9.59 Å². The fourth-order valence-corrected chi connectivity index (χ4v) is 5.54. The second-order valence-corrected chi connectivity index (χ2v) is 12.0. The minimum Gasteiger partial charge on any atom is -0.369 e. The standard InChI is InChI=1S/C31H42FN5O4/c1-20(33-5)28(38)35-27(31(2,3)4)29(39)36-16-15-24-26(36)25(41-19-22-11-13-23(32)14-12-22)18-37(24)30(40)34-17-21-9-7-6-8-10-21/h6-14,20,24-27,33H,15-19H2,1-5H3,(H,34,40)(H,35,38)/t20-,24+,25-,26-,27+/m0/s1. The van der Waals surface area contributed by atoms with Crippen molar-refractivity contribution in [3.63, 3.8) is 0 Å². The highest BCUT2D eigenvalue weighted by atomic mass is 19.1. The SMILES string of the molecule is CN[C@@H](C)C(=O)N[C@H](C(=O)N1CC[C@@H]2[C@H]1[C@@H](OCc1ccc(F)cc1)CN2C(=O)NCc1ccccc1)C(C)(C)C. The van der Waals surface area contributed by atoms with E-state index in [1.807, 2.05) is 51.1 Å². The number of hydrogen-bond acceptors (Lipinski definition) is 5. The largest absolute Gasteiger partial charge is 0.369 e. The van der Waals surface area contributed by atoms with E-state index in [1.54, 1.807) is 35.9 Å². The Hall–Kier alpha value is -3.50. The number of carbonyl (C=O) groups excluding carboxylic acids is 3. The number of benzene rings is 2. The van der Waals surface area contributed by atoms with Crippen LogP contribution in [0.3, 0.4) is 0 Å². The van der Waals surface area contributed by atoms with Crippen LogP contribution in [-0.4, -0.2) is 78.1 Å². The van der Waals surface area contributed by atoms with Crippen molar-refractivity contribution in [3.05, 3.63) is 71.5 Å². The normalized spacial score (nSPS) is 21.8. The molecule has 2 aliphatic heterocycles. The van der Waals surface area contributed by atoms with Crippen LogP contribution in [0.15, 0.2) is 54.6 Å². The number of likely N-dealkylation sites (tertiary alicyclic amines) is 2. The molecule has 41 heavy (non-hydrogen) atoms. The number of carbonyl (C=O) groups is 3. The fourth-order valence-electron chi connectivity index (χ4n) is 5.54. The number of amides is 4. The highest BCUT2D eigenvalue weighted by molar-refractivity contribution is 5.90. The van der Waals surface area contributed by atoms with Crippen LogP contribution < -0.4 is 16.0 Å². The molecule has 222 valence electrons. The summed E-state index contributed by atoms with van der Waals surface area (Å²) in [4.78, 5) is 43.8. The zero-order valence-corrected chi connectivity index (χ0v) is 24.5. The monoisotopic (exact) mass is 567 g/mol. The van der Waals surface area contributed by atoms with Gasteiger partial charge in [0, 0.05) is 13.1 Å². The van der Waals surface area contributed by atoms with Gasteiger partial charge in [-0.1, -0.05) is 63.2 Å². The first-order chi connectivity index (χ1) is 19.5. The van der Waals surface area contributed by atoms with Gasteiger partial charge in [0.2, 0.25) is 11.8 Å². The first-order valence-corrected chi connectivity index (χ1v) is 14.2. The lowest BCUT2D eigenvalue weighted by Gasteiger charge is -2.37. The Labute approximate surface area is 241 Å². The lowest BCUT2D eigenvalue weighted by molar-refractivity contribution is -0.142. The van der Waals surface area contributed by atoms with Gasteiger partial charge in [-0.2, -0.15) is 0 Å². The lowest BCUT2D eigenvalue weighted by Crippen LogP contribution is -2.59. The van der Waals surface area contributed by atoms with Crippen molar-refractivity contribution in [1.82, 2.24) is 25.8 Å². The molecule has 2 heterocycles. The summed E-state index contributed by atoms with van der Waals surface area (Å²) in [6, 6.07) is 13.7. The number of halogens is 1. The molecule has 2 fully saturated rings. The Morgan fingerprint density at radius 1 is 1.02 bits per heavy atom. The van der Waals surface area contributed by atoms with E-state index in [-0.39, 0.29) is 42.4 Å². The zero-order chi connectivity index (χ0) is 29.7. The van der Waals surface area contributed by atoms with Crippen molar-refractivity contribution in [2.45, 2.75) is 77.5 Å². The van der Waals surface area contributed by atoms with Crippen LogP contribution in [0.1, 0.15) is 45.2 Å². The van der Waals surface area contributed by atoms with Gasteiger partial charge in [0.05, 0.1) is 37.4 Å². The molecule has 0 spiro atoms. The predicted octanol–water partition coefficient (Wildman–Crippen LogP) is 3.04. The smallest absolute Gasteiger partial charge is 0.318 e. The van der Waals surface area contributed by atoms with E-state index in [9.17, 15) is 18.8 Å². The minimum absolute atomic E-state index is 0.191. The van der Waals surface area contributed by atoms with E-state index in [0.29, 0.717) is 26.1 Å². The number of ether oxygens (including phenoxy) is 1. The molecule has 0 bridgehead atoms. The quantitative estimate of drug-likeness (QED) is 0.432. The summed E-state index contributed by atoms with van der Waals surface area (Å²) < 4.78 is 19.8. The van der Waals surface area contributed by atoms with Crippen molar-refractivity contribution in [2.75, 3.05) is 20.1 Å². The van der Waals surface area contributed by atoms with Crippen molar-refractivity contribution >= 4 is 17.8 Å². The molecule has 0 unspecified atom stereocenters. The highest BCUT2D eigenvalue weighted by Crippen LogP contribution is 2.36. The van der Waals surface area contributed by atoms with Crippen molar-refractivity contribution in [3.8, 4) is 0 Å². The van der Waals surface area contributed by atoms with E-state index in [4.69, 9.17) is 4.74 Å². The van der Waals surface area contributed by atoms with E-state index >= 15 is 0 Å². The van der Waals surface area contributed by atoms with Gasteiger partial charge in [0.15, 0.2) is 0 Å². The molecule has 2 aliphatic rings. The maximum atomic E-state index is 14.1. The molecule has 4 rings (SSSR count). The number of hydrogen-bond donors (Lipinski definition) is 3. The average molecular weight is 568 g/mol. The van der Waals surface area contributed by atoms with Gasteiger partial charge in [-0.25, -0.2) is 9.18 Å². The Morgan fingerprint density at radius 3 is 2.34 bits per heavy atom. The van der Waals surface area contributed by atoms with Gasteiger partial charge < -0.3 is 30.5 Å². The molecule has 0 aromatic heterocycles. The molecule has 2 aromatic rings. The summed E-state index contributed by atoms with van der Waals surface area (Å²) in [5.74, 6) is -0.774. The van der Waals surface area contributed by atoms with Crippen molar-refractivity contribution in [2.24, 2.45) is 5.41 Å². The first kappa shape index (κ1) is 30.5. The molecule has 9 nitrogen and oxygen atoms in total. The number of likely N-dealkylation sites (N-methyl/N-ethyl adjacent to an activating group) is 1. The first-order valence-electron chi connectivity index (χ1n) is 14.2. The molecule has 5 atom stereocenters. The predicted molar refractivity (Wildman–Crippen MR) is 154 cm³/mol. The van der Waals surface area contributed by atoms with Gasteiger partial charge in [-0.15, -0.1) is 0 Å². The van der Waals surface area contributed by atoms with E-state index in [1.165, 1.54) is 12.1 Å². The third-order valence-electron chi connectivity index (χ3n) is 8.01. The molecular formula is C31H42FN5O4. The van der Waals surface area contributed by atoms with E-state index in [0.717, 1.165) is 11.1 Å². The third-order valence-corrected chi connectivity index (χ3v) is 8.01. The summed E-state index contributed by atoms with van der Waals surface area (Å²) in [6.07, 6.45) is 0.148. The lowest BCUT2D eigenvalue weighted by atomic mass is 9.85. The van der Waals surface area contributed by atoms with Gasteiger partial charge in [0.25, 0.3) is 0 Å². The second-order valence-electron chi connectivity index (χ2n) is 12.0. The summed E-state index contributed by atoms with van der Waals surface area (Å²) >= 11 is 0. The number of nitrogens with zero attached hydrogens (tertiary/aromatic N) is 2. The number of nitrogens with one attached hydrogen (secondary N) is 3. The van der Waals surface area contributed by atoms with E-state index < -0.39 is 23.6 Å². The van der Waals surface area contributed by atoms with Crippen LogP contribution in [0.25, 0.3) is 0 Å². The van der Waals surface area contributed by atoms with Crippen LogP contribution in [0.2, 0.25) is 0 Å². The highest BCUT2D eigenvalue weighted by Gasteiger charge is 2.54. The molecule has 2 saturated heterocycles. The Kier molecular flexibility index (Phi) is 9.65. The molecule has 2 aromatic carbocycles. The Morgan fingerprint density at radius 2 is 1.71 bits per heavy atom. The summed E-state index contributed by atoms with van der Waals surface area (Å²) in [5, 5.41) is 8.89. The maximum absolute atomic E-state index is 14.1. The van der Waals surface area contributed by atoms with Gasteiger partial charge in [-0.05, 0) is 49.1 Å². The van der Waals surface area contributed by atoms with Crippen LogP contribution in [0.4, 0.5) is 9.18 Å². The Balaban J connectivity index is 1.55. The molecule has 10 heteroatoms. The number of rotatable bonds is 9. The van der Waals surface area contributed by atoms with Crippen LogP contribution in [0, 0.1) is 11.2 Å². The Bertz CT molecular complexity index is 1200. The summed E-state index contributed by atoms with van der Waals surface area (Å²) in [5.41, 5.74) is 1.24. The van der Waals surface area contributed by atoms with E-state index in [2.05, 4.69) is 16.0 Å². The third kappa shape index (κ3) is 7.23. The molecule has 0 aliphatic carbocycles. The molecule has 4 amide bonds. The second kappa shape index (κ2) is 13.0. The average Bonchev–Trinajstić information content (AvgIpc) is 3.54. The number of fused-ring (bicyclic) bond motifs is 1. The van der Waals surface area contributed by atoms with Crippen LogP contribution >= 0.6 is 0 Å². The summed E-state index contributed by atoms with van der Waals surface area (Å²) in [7, 11) is 1.70. The minimum atomic E-state index is -0.761. The molecule has 3 N–H and O–H groups in total. The summed E-state index contributed by atoms with van der Waals surface area (Å²) in [6.45, 7) is 8.87. The van der Waals surface area contributed by atoms with Crippen LogP contribution in [0.5, 0.6) is 0 Å². The molecule has 0 saturated carbocycles. The van der Waals surface area contributed by atoms with Crippen molar-refractivity contribution < 1.29 is 23.5 Å². The van der Waals surface area contributed by atoms with Gasteiger partial charge in [0.1, 0.15) is 11.9 Å². The molecule has 0 radical (unpaired) electrons. The number of urea groups is 1. The van der Waals surface area contributed by atoms with Crippen LogP contribution in [-0.2, 0) is 27.5 Å². The molecular weight excluding hydrogens is 525 g/mol. The van der Waals surface area contributed by atoms with Crippen molar-refractivity contribution in [1.29, 1.82) is 0 Å².